The zero-order valence-corrected chi connectivity index (χ0v) is 14.3. The van der Waals surface area contributed by atoms with Gasteiger partial charge in [-0.25, -0.2) is 8.42 Å². The summed E-state index contributed by atoms with van der Waals surface area (Å²) < 4.78 is 37.0. The first-order valence-corrected chi connectivity index (χ1v) is 9.39. The Kier molecular flexibility index (Phi) is 8.73. The molecule has 0 saturated carbocycles. The molecular weight excluding hydrogens is 292 g/mol. The summed E-state index contributed by atoms with van der Waals surface area (Å²) in [7, 11) is -1.57. The van der Waals surface area contributed by atoms with Crippen molar-refractivity contribution in [1.29, 1.82) is 0 Å². The van der Waals surface area contributed by atoms with Crippen LogP contribution in [0.1, 0.15) is 33.1 Å². The van der Waals surface area contributed by atoms with E-state index in [0.29, 0.717) is 19.7 Å². The highest BCUT2D eigenvalue weighted by Gasteiger charge is 2.31. The van der Waals surface area contributed by atoms with E-state index in [4.69, 9.17) is 9.47 Å². The van der Waals surface area contributed by atoms with Crippen molar-refractivity contribution in [1.82, 2.24) is 9.62 Å². The summed E-state index contributed by atoms with van der Waals surface area (Å²) in [4.78, 5) is 0. The minimum Gasteiger partial charge on any atom is -0.383 e. The molecule has 1 aliphatic rings. The van der Waals surface area contributed by atoms with Crippen LogP contribution >= 0.6 is 0 Å². The number of piperidine rings is 1. The third kappa shape index (κ3) is 7.06. The van der Waals surface area contributed by atoms with Gasteiger partial charge in [-0.05, 0) is 26.7 Å². The normalized spacial score (nSPS) is 21.0. The molecule has 0 bridgehead atoms. The minimum absolute atomic E-state index is 0.0552. The van der Waals surface area contributed by atoms with Crippen LogP contribution in [-0.2, 0) is 19.5 Å². The quantitative estimate of drug-likeness (QED) is 0.604. The molecule has 1 heterocycles. The van der Waals surface area contributed by atoms with Gasteiger partial charge in [0, 0.05) is 32.8 Å². The number of sulfonamides is 1. The van der Waals surface area contributed by atoms with Crippen LogP contribution in [0.25, 0.3) is 0 Å². The van der Waals surface area contributed by atoms with Gasteiger partial charge < -0.3 is 14.8 Å². The second kappa shape index (κ2) is 9.74. The lowest BCUT2D eigenvalue weighted by Crippen LogP contribution is -2.49. The minimum atomic E-state index is -3.23. The van der Waals surface area contributed by atoms with Crippen molar-refractivity contribution in [2.45, 2.75) is 45.3 Å². The van der Waals surface area contributed by atoms with Crippen molar-refractivity contribution in [2.24, 2.45) is 0 Å². The third-order valence-corrected chi connectivity index (χ3v) is 5.46. The van der Waals surface area contributed by atoms with Gasteiger partial charge in [0.2, 0.25) is 10.0 Å². The number of hydrogen-bond donors (Lipinski definition) is 1. The fraction of sp³-hybridized carbons (Fsp3) is 1.00. The van der Waals surface area contributed by atoms with Gasteiger partial charge in [0.25, 0.3) is 0 Å². The van der Waals surface area contributed by atoms with Crippen LogP contribution in [0.5, 0.6) is 0 Å². The van der Waals surface area contributed by atoms with Gasteiger partial charge in [-0.15, -0.1) is 0 Å². The lowest BCUT2D eigenvalue weighted by Gasteiger charge is -2.35. The fourth-order valence-corrected chi connectivity index (χ4v) is 4.08. The number of rotatable bonds is 10. The molecule has 0 aromatic carbocycles. The van der Waals surface area contributed by atoms with E-state index in [1.165, 1.54) is 0 Å². The van der Waals surface area contributed by atoms with Crippen LogP contribution < -0.4 is 5.32 Å². The van der Waals surface area contributed by atoms with Crippen LogP contribution in [0.15, 0.2) is 0 Å². The average molecular weight is 322 g/mol. The van der Waals surface area contributed by atoms with E-state index in [1.54, 1.807) is 11.4 Å². The second-order valence-corrected chi connectivity index (χ2v) is 7.73. The van der Waals surface area contributed by atoms with Gasteiger partial charge in [-0.3, -0.25) is 0 Å². The highest BCUT2D eigenvalue weighted by Crippen LogP contribution is 2.20. The smallest absolute Gasteiger partial charge is 0.216 e. The number of nitrogens with one attached hydrogen (secondary N) is 1. The summed E-state index contributed by atoms with van der Waals surface area (Å²) in [5.41, 5.74) is 0. The SMILES string of the molecule is COCCNCC1CCCCN1S(=O)(=O)CCOC(C)C. The van der Waals surface area contributed by atoms with Gasteiger partial charge in [0.1, 0.15) is 0 Å². The zero-order valence-electron chi connectivity index (χ0n) is 13.5. The van der Waals surface area contributed by atoms with E-state index < -0.39 is 10.0 Å². The van der Waals surface area contributed by atoms with Crippen molar-refractivity contribution in [3.05, 3.63) is 0 Å². The van der Waals surface area contributed by atoms with Crippen molar-refractivity contribution in [3.63, 3.8) is 0 Å². The zero-order chi connectivity index (χ0) is 15.7. The number of nitrogens with zero attached hydrogens (tertiary/aromatic N) is 1. The van der Waals surface area contributed by atoms with Crippen LogP contribution in [0, 0.1) is 0 Å². The second-order valence-electron chi connectivity index (χ2n) is 5.69. The Hall–Kier alpha value is -0.210. The summed E-state index contributed by atoms with van der Waals surface area (Å²) in [6, 6.07) is 0.0552. The molecule has 0 amide bonds. The predicted octanol–water partition coefficient (Wildman–Crippen LogP) is 0.832. The van der Waals surface area contributed by atoms with Crippen molar-refractivity contribution < 1.29 is 17.9 Å². The Morgan fingerprint density at radius 2 is 2.05 bits per heavy atom. The molecule has 1 N–H and O–H groups in total. The van der Waals surface area contributed by atoms with Crippen molar-refractivity contribution in [3.8, 4) is 0 Å². The van der Waals surface area contributed by atoms with Gasteiger partial charge in [0.05, 0.1) is 25.1 Å². The maximum Gasteiger partial charge on any atom is 0.216 e. The van der Waals surface area contributed by atoms with E-state index in [-0.39, 0.29) is 24.5 Å². The lowest BCUT2D eigenvalue weighted by molar-refractivity contribution is 0.0902. The van der Waals surface area contributed by atoms with Crippen molar-refractivity contribution in [2.75, 3.05) is 45.7 Å². The molecule has 1 saturated heterocycles. The van der Waals surface area contributed by atoms with Gasteiger partial charge >= 0.3 is 0 Å². The molecule has 7 heteroatoms. The average Bonchev–Trinajstić information content (AvgIpc) is 2.43. The first-order chi connectivity index (χ1) is 9.97. The van der Waals surface area contributed by atoms with Crippen LogP contribution in [-0.4, -0.2) is 70.6 Å². The molecule has 0 aromatic rings. The number of ether oxygens (including phenoxy) is 2. The van der Waals surface area contributed by atoms with Gasteiger partial charge in [-0.1, -0.05) is 6.42 Å². The molecule has 1 atom stereocenters. The molecular formula is C14H30N2O4S. The van der Waals surface area contributed by atoms with E-state index in [0.717, 1.165) is 25.8 Å². The van der Waals surface area contributed by atoms with Crippen LogP contribution in [0.2, 0.25) is 0 Å². The lowest BCUT2D eigenvalue weighted by atomic mass is 10.1. The maximum absolute atomic E-state index is 12.5. The van der Waals surface area contributed by atoms with E-state index >= 15 is 0 Å². The highest BCUT2D eigenvalue weighted by atomic mass is 32.2. The Labute approximate surface area is 129 Å². The summed E-state index contributed by atoms with van der Waals surface area (Å²) in [5.74, 6) is 0.0692. The first-order valence-electron chi connectivity index (χ1n) is 7.78. The predicted molar refractivity (Wildman–Crippen MR) is 84.0 cm³/mol. The molecule has 1 unspecified atom stereocenters. The molecule has 0 aliphatic carbocycles. The molecule has 1 rings (SSSR count). The third-order valence-electron chi connectivity index (χ3n) is 3.59. The van der Waals surface area contributed by atoms with Gasteiger partial charge in [-0.2, -0.15) is 4.31 Å². The molecule has 6 nitrogen and oxygen atoms in total. The monoisotopic (exact) mass is 322 g/mol. The topological polar surface area (TPSA) is 67.9 Å². The van der Waals surface area contributed by atoms with E-state index in [1.807, 2.05) is 13.8 Å². The standard InChI is InChI=1S/C14H30N2O4S/c1-13(2)20-10-11-21(17,18)16-8-5-4-6-14(16)12-15-7-9-19-3/h13-15H,4-12H2,1-3H3. The van der Waals surface area contributed by atoms with Gasteiger partial charge in [0.15, 0.2) is 0 Å². The summed E-state index contributed by atoms with van der Waals surface area (Å²) in [5, 5.41) is 3.27. The molecule has 126 valence electrons. The largest absolute Gasteiger partial charge is 0.383 e. The summed E-state index contributed by atoms with van der Waals surface area (Å²) in [6.45, 7) is 6.79. The first kappa shape index (κ1) is 18.8. The Morgan fingerprint density at radius 3 is 2.71 bits per heavy atom. The van der Waals surface area contributed by atoms with E-state index in [2.05, 4.69) is 5.32 Å². The molecule has 0 spiro atoms. The number of methoxy groups -OCH3 is 1. The fourth-order valence-electron chi connectivity index (χ4n) is 2.49. The maximum atomic E-state index is 12.5. The highest BCUT2D eigenvalue weighted by molar-refractivity contribution is 7.89. The summed E-state index contributed by atoms with van der Waals surface area (Å²) in [6.07, 6.45) is 3.02. The molecule has 1 aliphatic heterocycles. The number of hydrogen-bond acceptors (Lipinski definition) is 5. The van der Waals surface area contributed by atoms with Crippen LogP contribution in [0.3, 0.4) is 0 Å². The molecule has 0 radical (unpaired) electrons. The van der Waals surface area contributed by atoms with Crippen LogP contribution in [0.4, 0.5) is 0 Å². The molecule has 1 fully saturated rings. The van der Waals surface area contributed by atoms with Crippen molar-refractivity contribution >= 4 is 10.0 Å². The summed E-state index contributed by atoms with van der Waals surface area (Å²) >= 11 is 0. The van der Waals surface area contributed by atoms with E-state index in [9.17, 15) is 8.42 Å². The Balaban J connectivity index is 2.49. The molecule has 21 heavy (non-hydrogen) atoms. The Morgan fingerprint density at radius 1 is 1.29 bits per heavy atom. The Bertz CT molecular complexity index is 373. The molecule has 0 aromatic heterocycles.